The third-order valence-corrected chi connectivity index (χ3v) is 7.57. The third kappa shape index (κ3) is 5.17. The Labute approximate surface area is 234 Å². The van der Waals surface area contributed by atoms with Crippen LogP contribution in [0.3, 0.4) is 0 Å². The minimum Gasteiger partial charge on any atom is -0.497 e. The average molecular weight is 540 g/mol. The number of rotatable bonds is 7. The summed E-state index contributed by atoms with van der Waals surface area (Å²) in [6.07, 6.45) is 2.61. The second-order valence-electron chi connectivity index (χ2n) is 10.1. The molecule has 1 amide bonds. The van der Waals surface area contributed by atoms with E-state index in [-0.39, 0.29) is 17.6 Å². The number of carbonyl (C=O) groups is 2. The maximum absolute atomic E-state index is 14.0. The van der Waals surface area contributed by atoms with Crippen molar-refractivity contribution in [1.82, 2.24) is 10.3 Å². The molecule has 0 saturated heterocycles. The third-order valence-electron chi connectivity index (χ3n) is 7.57. The van der Waals surface area contributed by atoms with Gasteiger partial charge in [0.05, 0.1) is 27.2 Å². The van der Waals surface area contributed by atoms with Crippen molar-refractivity contribution in [1.29, 1.82) is 0 Å². The molecule has 2 atom stereocenters. The summed E-state index contributed by atoms with van der Waals surface area (Å²) in [7, 11) is 4.79. The van der Waals surface area contributed by atoms with Crippen LogP contribution in [0, 0.1) is 6.92 Å². The van der Waals surface area contributed by atoms with E-state index >= 15 is 0 Å². The molecule has 206 valence electrons. The SMILES string of the molecule is COc1ccc(C2CC(=O)C3=C(C2)NC(C)=C(C(=O)Nc2cc(C)ccn2)C3c2ccc(OC)cc2OC)cc1. The molecule has 3 aromatic rings. The van der Waals surface area contributed by atoms with Gasteiger partial charge in [0, 0.05) is 46.8 Å². The van der Waals surface area contributed by atoms with Crippen molar-refractivity contribution in [2.75, 3.05) is 26.6 Å². The van der Waals surface area contributed by atoms with Crippen molar-refractivity contribution in [3.8, 4) is 17.2 Å². The number of pyridine rings is 1. The van der Waals surface area contributed by atoms with E-state index in [2.05, 4.69) is 15.6 Å². The van der Waals surface area contributed by atoms with Gasteiger partial charge < -0.3 is 24.8 Å². The van der Waals surface area contributed by atoms with E-state index in [1.165, 1.54) is 0 Å². The van der Waals surface area contributed by atoms with Crippen LogP contribution in [0.25, 0.3) is 0 Å². The highest BCUT2D eigenvalue weighted by Gasteiger charge is 2.42. The number of allylic oxidation sites excluding steroid dienone is 3. The Morgan fingerprint density at radius 3 is 2.33 bits per heavy atom. The molecule has 1 aliphatic heterocycles. The van der Waals surface area contributed by atoms with Crippen LogP contribution in [0.4, 0.5) is 5.82 Å². The first-order valence-corrected chi connectivity index (χ1v) is 13.2. The Kier molecular flexibility index (Phi) is 7.60. The molecule has 2 heterocycles. The summed E-state index contributed by atoms with van der Waals surface area (Å²) in [5.74, 6) is 1.40. The van der Waals surface area contributed by atoms with Crippen molar-refractivity contribution in [3.63, 3.8) is 0 Å². The minimum atomic E-state index is -0.633. The number of Topliss-reactive ketones (excluding diaryl/α,β-unsaturated/α-hetero) is 1. The monoisotopic (exact) mass is 539 g/mol. The first-order chi connectivity index (χ1) is 19.3. The second-order valence-corrected chi connectivity index (χ2v) is 10.1. The number of aryl methyl sites for hydroxylation is 1. The number of carbonyl (C=O) groups excluding carboxylic acids is 2. The molecule has 0 spiro atoms. The molecule has 0 saturated carbocycles. The number of methoxy groups -OCH3 is 3. The summed E-state index contributed by atoms with van der Waals surface area (Å²) < 4.78 is 16.5. The summed E-state index contributed by atoms with van der Waals surface area (Å²) >= 11 is 0. The molecule has 0 fully saturated rings. The van der Waals surface area contributed by atoms with E-state index in [0.717, 1.165) is 28.1 Å². The van der Waals surface area contributed by atoms with E-state index in [4.69, 9.17) is 14.2 Å². The highest BCUT2D eigenvalue weighted by atomic mass is 16.5. The minimum absolute atomic E-state index is 0.00254. The number of anilines is 1. The predicted molar refractivity (Wildman–Crippen MR) is 153 cm³/mol. The fraction of sp³-hybridized carbons (Fsp3) is 0.281. The normalized spacial score (nSPS) is 18.6. The van der Waals surface area contributed by atoms with Gasteiger partial charge in [-0.05, 0) is 67.6 Å². The van der Waals surface area contributed by atoms with Crippen LogP contribution in [-0.2, 0) is 9.59 Å². The van der Waals surface area contributed by atoms with Crippen molar-refractivity contribution in [2.45, 2.75) is 38.5 Å². The van der Waals surface area contributed by atoms with Crippen LogP contribution in [-0.4, -0.2) is 38.0 Å². The molecule has 1 aliphatic carbocycles. The van der Waals surface area contributed by atoms with E-state index in [9.17, 15) is 9.59 Å². The molecule has 1 aromatic heterocycles. The van der Waals surface area contributed by atoms with Gasteiger partial charge in [-0.2, -0.15) is 0 Å². The fourth-order valence-corrected chi connectivity index (χ4v) is 5.61. The van der Waals surface area contributed by atoms with Gasteiger partial charge in [0.2, 0.25) is 0 Å². The lowest BCUT2D eigenvalue weighted by molar-refractivity contribution is -0.116. The highest BCUT2D eigenvalue weighted by molar-refractivity contribution is 6.09. The van der Waals surface area contributed by atoms with Crippen LogP contribution in [0.15, 0.2) is 83.3 Å². The Morgan fingerprint density at radius 2 is 1.65 bits per heavy atom. The van der Waals surface area contributed by atoms with Crippen LogP contribution in [0.1, 0.15) is 48.3 Å². The molecule has 0 bridgehead atoms. The zero-order valence-corrected chi connectivity index (χ0v) is 23.3. The van der Waals surface area contributed by atoms with Gasteiger partial charge in [0.1, 0.15) is 23.1 Å². The second kappa shape index (κ2) is 11.3. The summed E-state index contributed by atoms with van der Waals surface area (Å²) in [4.78, 5) is 32.1. The first kappa shape index (κ1) is 27.0. The largest absolute Gasteiger partial charge is 0.497 e. The maximum Gasteiger partial charge on any atom is 0.255 e. The number of hydrogen-bond acceptors (Lipinski definition) is 7. The number of nitrogens with one attached hydrogen (secondary N) is 2. The average Bonchev–Trinajstić information content (AvgIpc) is 2.96. The number of benzene rings is 2. The molecule has 2 aliphatic rings. The lowest BCUT2D eigenvalue weighted by Gasteiger charge is -2.37. The van der Waals surface area contributed by atoms with Crippen LogP contribution in [0.2, 0.25) is 0 Å². The summed E-state index contributed by atoms with van der Waals surface area (Å²) in [5.41, 5.74) is 5.29. The van der Waals surface area contributed by atoms with Crippen molar-refractivity contribution < 1.29 is 23.8 Å². The quantitative estimate of drug-likeness (QED) is 0.414. The van der Waals surface area contributed by atoms with Gasteiger partial charge in [0.25, 0.3) is 5.91 Å². The Hall–Kier alpha value is -4.59. The Bertz CT molecular complexity index is 1520. The molecule has 40 heavy (non-hydrogen) atoms. The smallest absolute Gasteiger partial charge is 0.255 e. The number of aromatic nitrogens is 1. The Morgan fingerprint density at radius 1 is 0.925 bits per heavy atom. The Balaban J connectivity index is 1.59. The van der Waals surface area contributed by atoms with Crippen molar-refractivity contribution in [2.24, 2.45) is 0 Å². The number of ketones is 1. The molecular formula is C32H33N3O5. The van der Waals surface area contributed by atoms with Gasteiger partial charge in [0.15, 0.2) is 5.78 Å². The zero-order valence-electron chi connectivity index (χ0n) is 23.3. The molecular weight excluding hydrogens is 506 g/mol. The van der Waals surface area contributed by atoms with Gasteiger partial charge in [-0.15, -0.1) is 0 Å². The zero-order chi connectivity index (χ0) is 28.4. The summed E-state index contributed by atoms with van der Waals surface area (Å²) in [5, 5.41) is 6.37. The number of amides is 1. The van der Waals surface area contributed by atoms with Gasteiger partial charge in [-0.1, -0.05) is 18.2 Å². The van der Waals surface area contributed by atoms with E-state index in [1.54, 1.807) is 33.6 Å². The van der Waals surface area contributed by atoms with Gasteiger partial charge in [-0.25, -0.2) is 4.98 Å². The maximum atomic E-state index is 14.0. The standard InChI is InChI=1S/C32H33N3O5/c1-18-12-13-33-28(14-18)35-32(37)29-19(2)34-25-15-21(20-6-8-22(38-3)9-7-20)16-26(36)31(25)30(29)24-11-10-23(39-4)17-27(24)40-5/h6-14,17,21,30,34H,15-16H2,1-5H3,(H,33,35,37). The topological polar surface area (TPSA) is 98.8 Å². The number of dihydropyridines is 1. The summed E-state index contributed by atoms with van der Waals surface area (Å²) in [6.45, 7) is 3.80. The molecule has 0 radical (unpaired) electrons. The number of hydrogen-bond donors (Lipinski definition) is 2. The van der Waals surface area contributed by atoms with Gasteiger partial charge >= 0.3 is 0 Å². The first-order valence-electron chi connectivity index (χ1n) is 13.2. The molecule has 8 heteroatoms. The van der Waals surface area contributed by atoms with E-state index in [0.29, 0.717) is 47.0 Å². The lowest BCUT2D eigenvalue weighted by atomic mass is 9.71. The van der Waals surface area contributed by atoms with Crippen molar-refractivity contribution in [3.05, 3.63) is 100 Å². The van der Waals surface area contributed by atoms with Crippen LogP contribution < -0.4 is 24.8 Å². The molecule has 2 N–H and O–H groups in total. The number of ether oxygens (including phenoxy) is 3. The molecule has 8 nitrogen and oxygen atoms in total. The van der Waals surface area contributed by atoms with Crippen LogP contribution >= 0.6 is 0 Å². The van der Waals surface area contributed by atoms with E-state index < -0.39 is 5.92 Å². The predicted octanol–water partition coefficient (Wildman–Crippen LogP) is 5.42. The molecule has 2 aromatic carbocycles. The van der Waals surface area contributed by atoms with Gasteiger partial charge in [-0.3, -0.25) is 9.59 Å². The summed E-state index contributed by atoms with van der Waals surface area (Å²) in [6, 6.07) is 17.0. The van der Waals surface area contributed by atoms with Crippen molar-refractivity contribution >= 4 is 17.5 Å². The number of nitrogens with zero attached hydrogens (tertiary/aromatic N) is 1. The lowest BCUT2D eigenvalue weighted by Crippen LogP contribution is -2.37. The molecule has 2 unspecified atom stereocenters. The fourth-order valence-electron chi connectivity index (χ4n) is 5.61. The molecule has 5 rings (SSSR count). The van der Waals surface area contributed by atoms with E-state index in [1.807, 2.05) is 62.4 Å². The van der Waals surface area contributed by atoms with Crippen LogP contribution in [0.5, 0.6) is 17.2 Å². The highest BCUT2D eigenvalue weighted by Crippen LogP contribution is 2.48.